The van der Waals surface area contributed by atoms with E-state index in [1.165, 1.54) is 4.90 Å². The van der Waals surface area contributed by atoms with Gasteiger partial charge in [-0.2, -0.15) is 0 Å². The minimum Gasteiger partial charge on any atom is -0.480 e. The van der Waals surface area contributed by atoms with Crippen LogP contribution in [-0.2, 0) is 35.3 Å². The van der Waals surface area contributed by atoms with Crippen LogP contribution in [0.1, 0.15) is 63.9 Å². The number of aromatic nitrogens is 2. The average molecular weight is 814 g/mol. The predicted molar refractivity (Wildman–Crippen MR) is 207 cm³/mol. The van der Waals surface area contributed by atoms with Gasteiger partial charge in [-0.3, -0.25) is 33.7 Å². The largest absolute Gasteiger partial charge is 0.480 e. The van der Waals surface area contributed by atoms with Gasteiger partial charge in [-0.1, -0.05) is 51.1 Å². The van der Waals surface area contributed by atoms with Crippen LogP contribution in [0.3, 0.4) is 0 Å². The summed E-state index contributed by atoms with van der Waals surface area (Å²) >= 11 is 0.951. The van der Waals surface area contributed by atoms with Gasteiger partial charge in [0.2, 0.25) is 23.6 Å². The van der Waals surface area contributed by atoms with Crippen molar-refractivity contribution in [1.29, 1.82) is 0 Å². The second kappa shape index (κ2) is 19.9. The minimum absolute atomic E-state index is 0.0381. The van der Waals surface area contributed by atoms with E-state index in [1.54, 1.807) is 10.8 Å². The molecule has 1 fully saturated rings. The fourth-order valence-corrected chi connectivity index (χ4v) is 7.51. The normalized spacial score (nSPS) is 16.0. The quantitative estimate of drug-likeness (QED) is 0.0817. The smallest absolute Gasteiger partial charge is 0.321 e. The summed E-state index contributed by atoms with van der Waals surface area (Å²) in [5.41, 5.74) is 11.9. The summed E-state index contributed by atoms with van der Waals surface area (Å²) in [5, 5.41) is 20.8. The zero-order chi connectivity index (χ0) is 42.0. The van der Waals surface area contributed by atoms with Gasteiger partial charge in [-0.15, -0.1) is 11.8 Å². The number of rotatable bonds is 20. The molecule has 1 saturated heterocycles. The van der Waals surface area contributed by atoms with Crippen molar-refractivity contribution in [3.05, 3.63) is 77.8 Å². The van der Waals surface area contributed by atoms with Crippen LogP contribution in [0.5, 0.6) is 0 Å². The van der Waals surface area contributed by atoms with Gasteiger partial charge in [0.15, 0.2) is 5.78 Å². The Morgan fingerprint density at radius 2 is 1.77 bits per heavy atom. The van der Waals surface area contributed by atoms with Gasteiger partial charge < -0.3 is 36.5 Å². The first kappa shape index (κ1) is 44.7. The molecule has 1 aliphatic heterocycles. The highest BCUT2D eigenvalue weighted by atomic mass is 32.2. The molecule has 0 saturated carbocycles. The third-order valence-corrected chi connectivity index (χ3v) is 10.6. The maximum absolute atomic E-state index is 15.0. The van der Waals surface area contributed by atoms with Crippen molar-refractivity contribution in [2.45, 2.75) is 76.4 Å². The molecule has 1 unspecified atom stereocenters. The Balaban J connectivity index is 1.40. The molecule has 2 aromatic carbocycles. The molecule has 7 N–H and O–H groups in total. The lowest BCUT2D eigenvalue weighted by molar-refractivity contribution is -0.142. The molecule has 1 aromatic heterocycles. The van der Waals surface area contributed by atoms with Gasteiger partial charge in [0.05, 0.1) is 29.6 Å². The number of hydrogen-bond acceptors (Lipinski definition) is 11. The number of imidazole rings is 1. The molecule has 1 aliphatic rings. The molecular weight excluding hydrogens is 765 g/mol. The molecule has 4 rings (SSSR count). The highest BCUT2D eigenvalue weighted by Gasteiger charge is 2.41. The number of aliphatic hydroxyl groups excluding tert-OH is 1. The zero-order valence-electron chi connectivity index (χ0n) is 32.0. The summed E-state index contributed by atoms with van der Waals surface area (Å²) in [4.78, 5) is 82.0. The number of aliphatic hydroxyl groups is 1. The Kier molecular flexibility index (Phi) is 15.6. The number of aliphatic carboxylic acids is 1. The Bertz CT molecular complexity index is 1940. The summed E-state index contributed by atoms with van der Waals surface area (Å²) in [5.74, 6) is -5.09. The minimum atomic E-state index is -1.23. The Labute approximate surface area is 333 Å². The third-order valence-electron chi connectivity index (χ3n) is 9.32. The first-order valence-electron chi connectivity index (χ1n) is 18.4. The number of nitrogens with two attached hydrogens (primary N) is 2. The number of carboxylic acids is 1. The maximum Gasteiger partial charge on any atom is 0.321 e. The van der Waals surface area contributed by atoms with Crippen LogP contribution in [-0.4, -0.2) is 114 Å². The summed E-state index contributed by atoms with van der Waals surface area (Å²) in [6, 6.07) is 9.24. The van der Waals surface area contributed by atoms with Crippen molar-refractivity contribution in [3.8, 4) is 11.3 Å². The van der Waals surface area contributed by atoms with E-state index >= 15 is 0 Å². The molecule has 2 heterocycles. The van der Waals surface area contributed by atoms with Crippen LogP contribution in [0, 0.1) is 17.0 Å². The van der Waals surface area contributed by atoms with Crippen molar-refractivity contribution in [2.24, 2.45) is 16.9 Å². The molecule has 18 heteroatoms. The molecule has 3 aromatic rings. The standard InChI is InChI=1S/C39H49F2N7O8S/c1-39(2,3)34(35-45-30(26-16-24(40)11-12-27(26)41)20-46(35)18-23-8-5-4-6-9-23)47(33(52)21-49)15-13-28(42)36(53)44-14-7-10-25(50)19-48-32(51)17-31(37(48)54)57-22-29(43)38(55)56/h4-6,8-9,11-12,16,20,28-29,31,34,49H,7,10,13-15,17-19,21-22,42-43H2,1-3H3,(H,44,53)(H,55,56)/t28-,29-,31?,34-/m0/s1. The Hall–Kier alpha value is -5.04. The number of thioether (sulfide) groups is 1. The highest BCUT2D eigenvalue weighted by molar-refractivity contribution is 8.00. The number of carbonyl (C=O) groups is 6. The number of Topliss-reactive ketones (excluding diaryl/α,β-unsaturated/α-hetero) is 1. The van der Waals surface area contributed by atoms with Gasteiger partial charge in [0, 0.05) is 50.0 Å². The third kappa shape index (κ3) is 12.0. The average Bonchev–Trinajstić information content (AvgIpc) is 3.68. The molecule has 308 valence electrons. The predicted octanol–water partition coefficient (Wildman–Crippen LogP) is 2.24. The van der Waals surface area contributed by atoms with Crippen LogP contribution in [0.4, 0.5) is 8.78 Å². The van der Waals surface area contributed by atoms with Gasteiger partial charge in [-0.05, 0) is 42.0 Å². The number of carboxylic acid groups (broad SMARTS) is 1. The summed E-state index contributed by atoms with van der Waals surface area (Å²) < 4.78 is 31.0. The topological polar surface area (TPSA) is 231 Å². The number of halogens is 2. The van der Waals surface area contributed by atoms with Crippen LogP contribution in [0.15, 0.2) is 54.7 Å². The number of amides is 4. The van der Waals surface area contributed by atoms with E-state index in [-0.39, 0.29) is 62.3 Å². The molecule has 57 heavy (non-hydrogen) atoms. The monoisotopic (exact) mass is 813 g/mol. The number of nitrogens with zero attached hydrogens (tertiary/aromatic N) is 4. The van der Waals surface area contributed by atoms with Crippen molar-refractivity contribution in [1.82, 2.24) is 24.7 Å². The van der Waals surface area contributed by atoms with Crippen LogP contribution in [0.25, 0.3) is 11.3 Å². The number of hydrogen-bond donors (Lipinski definition) is 5. The van der Waals surface area contributed by atoms with Crippen LogP contribution >= 0.6 is 11.8 Å². The van der Waals surface area contributed by atoms with E-state index in [4.69, 9.17) is 21.6 Å². The fraction of sp³-hybridized carbons (Fsp3) is 0.462. The number of carbonyl (C=O) groups excluding carboxylic acids is 5. The molecule has 0 radical (unpaired) electrons. The fourth-order valence-electron chi connectivity index (χ4n) is 6.39. The van der Waals surface area contributed by atoms with Crippen molar-refractivity contribution in [3.63, 3.8) is 0 Å². The van der Waals surface area contributed by atoms with E-state index in [9.17, 15) is 42.7 Å². The van der Waals surface area contributed by atoms with E-state index in [1.807, 2.05) is 51.1 Å². The summed E-state index contributed by atoms with van der Waals surface area (Å²) in [7, 11) is 0. The van der Waals surface area contributed by atoms with Crippen molar-refractivity contribution >= 4 is 47.1 Å². The number of likely N-dealkylation sites (tertiary alicyclic amines) is 1. The summed E-state index contributed by atoms with van der Waals surface area (Å²) in [6.07, 6.45) is 1.50. The van der Waals surface area contributed by atoms with Gasteiger partial charge in [0.1, 0.15) is 30.1 Å². The zero-order valence-corrected chi connectivity index (χ0v) is 32.8. The van der Waals surface area contributed by atoms with Crippen molar-refractivity contribution in [2.75, 3.05) is 32.0 Å². The molecule has 15 nitrogen and oxygen atoms in total. The lowest BCUT2D eigenvalue weighted by Crippen LogP contribution is -2.48. The van der Waals surface area contributed by atoms with Crippen LogP contribution in [0.2, 0.25) is 0 Å². The number of benzene rings is 2. The number of imide groups is 1. The SMILES string of the molecule is CC(C)(C)[C@H](c1nc(-c2cc(F)ccc2F)cn1Cc1ccccc1)N(CC[C@H](N)C(=O)NCCCC(=O)CN1C(=O)CC(SC[C@H](N)C(=O)O)C1=O)C(=O)CO. The van der Waals surface area contributed by atoms with Gasteiger partial charge in [-0.25, -0.2) is 13.8 Å². The molecule has 4 amide bonds. The van der Waals surface area contributed by atoms with E-state index in [2.05, 4.69) is 5.32 Å². The molecule has 0 aliphatic carbocycles. The lowest BCUT2D eigenvalue weighted by atomic mass is 9.84. The lowest BCUT2D eigenvalue weighted by Gasteiger charge is -2.40. The molecule has 0 bridgehead atoms. The van der Waals surface area contributed by atoms with Gasteiger partial charge >= 0.3 is 5.97 Å². The van der Waals surface area contributed by atoms with Gasteiger partial charge in [0.25, 0.3) is 0 Å². The van der Waals surface area contributed by atoms with E-state index < -0.39 is 89.0 Å². The second-order valence-electron chi connectivity index (χ2n) is 14.9. The highest BCUT2D eigenvalue weighted by Crippen LogP contribution is 2.39. The maximum atomic E-state index is 15.0. The Morgan fingerprint density at radius 3 is 2.42 bits per heavy atom. The Morgan fingerprint density at radius 1 is 1.07 bits per heavy atom. The first-order valence-corrected chi connectivity index (χ1v) is 19.4. The molecule has 0 spiro atoms. The van der Waals surface area contributed by atoms with E-state index in [0.717, 1.165) is 40.4 Å². The first-order chi connectivity index (χ1) is 26.9. The second-order valence-corrected chi connectivity index (χ2v) is 16.1. The van der Waals surface area contributed by atoms with Crippen molar-refractivity contribution < 1.29 is 47.8 Å². The molecule has 4 atom stereocenters. The molecular formula is C39H49F2N7O8S. The number of nitrogens with one attached hydrogen (secondary N) is 1. The number of ketones is 1. The van der Waals surface area contributed by atoms with E-state index in [0.29, 0.717) is 5.82 Å². The van der Waals surface area contributed by atoms with Crippen LogP contribution < -0.4 is 16.8 Å². The summed E-state index contributed by atoms with van der Waals surface area (Å²) in [6.45, 7) is 4.50.